The smallest absolute Gasteiger partial charge is 0.0456 e. The molecule has 1 saturated carbocycles. The third-order valence-electron chi connectivity index (χ3n) is 3.83. The lowest BCUT2D eigenvalue weighted by Gasteiger charge is -2.26. The highest BCUT2D eigenvalue weighted by Crippen LogP contribution is 2.29. The summed E-state index contributed by atoms with van der Waals surface area (Å²) in [7, 11) is 0. The molecule has 0 bridgehead atoms. The monoisotopic (exact) mass is 266 g/mol. The van der Waals surface area contributed by atoms with Crippen LogP contribution in [0.3, 0.4) is 0 Å². The molecule has 0 amide bonds. The number of hydrogen-bond acceptors (Lipinski definition) is 2. The third-order valence-corrected chi connectivity index (χ3v) is 3.83. The predicted molar refractivity (Wildman–Crippen MR) is 85.4 cm³/mol. The number of rotatable bonds is 6. The summed E-state index contributed by atoms with van der Waals surface area (Å²) >= 11 is 0. The minimum Gasteiger partial charge on any atom is -0.342 e. The molecule has 2 heteroatoms. The molecule has 0 radical (unpaired) electrons. The highest BCUT2D eigenvalue weighted by molar-refractivity contribution is 5.66. The van der Waals surface area contributed by atoms with Gasteiger partial charge in [-0.3, -0.25) is 0 Å². The first-order valence-electron chi connectivity index (χ1n) is 7.52. The van der Waals surface area contributed by atoms with E-state index in [2.05, 4.69) is 71.7 Å². The van der Waals surface area contributed by atoms with Crippen LogP contribution in [0.1, 0.15) is 25.3 Å². The number of nitrogens with zero attached hydrogens (tertiary/aromatic N) is 1. The van der Waals surface area contributed by atoms with Crippen molar-refractivity contribution in [2.45, 2.75) is 32.4 Å². The van der Waals surface area contributed by atoms with Gasteiger partial charge in [-0.25, -0.2) is 0 Å². The van der Waals surface area contributed by atoms with Crippen molar-refractivity contribution in [1.82, 2.24) is 5.32 Å². The fourth-order valence-corrected chi connectivity index (χ4v) is 2.57. The number of benzene rings is 2. The average molecular weight is 266 g/mol. The fourth-order valence-electron chi connectivity index (χ4n) is 2.57. The van der Waals surface area contributed by atoms with Crippen LogP contribution in [0.2, 0.25) is 0 Å². The fraction of sp³-hybridized carbons (Fsp3) is 0.333. The highest BCUT2D eigenvalue weighted by atomic mass is 15.1. The van der Waals surface area contributed by atoms with Gasteiger partial charge in [0.1, 0.15) is 0 Å². The van der Waals surface area contributed by atoms with Gasteiger partial charge in [-0.05, 0) is 43.5 Å². The number of para-hydroxylation sites is 2. The average Bonchev–Trinajstić information content (AvgIpc) is 3.32. The van der Waals surface area contributed by atoms with Crippen LogP contribution in [0.15, 0.2) is 54.6 Å². The number of nitrogens with one attached hydrogen (secondary N) is 1. The lowest BCUT2D eigenvalue weighted by molar-refractivity contribution is 0.687. The topological polar surface area (TPSA) is 15.3 Å². The molecule has 3 rings (SSSR count). The van der Waals surface area contributed by atoms with Crippen molar-refractivity contribution in [3.8, 4) is 0 Å². The van der Waals surface area contributed by atoms with E-state index >= 15 is 0 Å². The third kappa shape index (κ3) is 3.02. The summed E-state index contributed by atoms with van der Waals surface area (Å²) in [5.74, 6) is 0. The van der Waals surface area contributed by atoms with Gasteiger partial charge in [-0.1, -0.05) is 36.4 Å². The Hall–Kier alpha value is -1.80. The van der Waals surface area contributed by atoms with Gasteiger partial charge in [-0.2, -0.15) is 0 Å². The Morgan fingerprint density at radius 3 is 2.40 bits per heavy atom. The summed E-state index contributed by atoms with van der Waals surface area (Å²) in [6.07, 6.45) is 2.66. The van der Waals surface area contributed by atoms with Crippen LogP contribution in [-0.4, -0.2) is 12.6 Å². The summed E-state index contributed by atoms with van der Waals surface area (Å²) in [4.78, 5) is 2.38. The van der Waals surface area contributed by atoms with E-state index < -0.39 is 0 Å². The SMILES string of the molecule is CCN(c1ccccc1)c1ccccc1CNC1CC1. The van der Waals surface area contributed by atoms with Crippen LogP contribution >= 0.6 is 0 Å². The molecule has 1 aliphatic carbocycles. The maximum atomic E-state index is 3.62. The van der Waals surface area contributed by atoms with Gasteiger partial charge in [0.05, 0.1) is 0 Å². The lowest BCUT2D eigenvalue weighted by Crippen LogP contribution is -2.21. The van der Waals surface area contributed by atoms with E-state index in [0.717, 1.165) is 19.1 Å². The molecule has 2 nitrogen and oxygen atoms in total. The standard InChI is InChI=1S/C18H22N2/c1-2-20(17-9-4-3-5-10-17)18-11-7-6-8-15(18)14-19-16-12-13-16/h3-11,16,19H,2,12-14H2,1H3. The van der Waals surface area contributed by atoms with E-state index in [4.69, 9.17) is 0 Å². The van der Waals surface area contributed by atoms with Gasteiger partial charge in [0, 0.05) is 30.5 Å². The quantitative estimate of drug-likeness (QED) is 0.847. The summed E-state index contributed by atoms with van der Waals surface area (Å²) in [5, 5.41) is 3.62. The van der Waals surface area contributed by atoms with Crippen molar-refractivity contribution in [1.29, 1.82) is 0 Å². The maximum Gasteiger partial charge on any atom is 0.0456 e. The van der Waals surface area contributed by atoms with Crippen molar-refractivity contribution in [3.63, 3.8) is 0 Å². The molecular weight excluding hydrogens is 244 g/mol. The van der Waals surface area contributed by atoms with Crippen LogP contribution in [0.4, 0.5) is 11.4 Å². The Morgan fingerprint density at radius 1 is 1.00 bits per heavy atom. The molecular formula is C18H22N2. The first kappa shape index (κ1) is 13.2. The molecule has 0 spiro atoms. The molecule has 2 aromatic rings. The van der Waals surface area contributed by atoms with Gasteiger partial charge >= 0.3 is 0 Å². The first-order chi connectivity index (χ1) is 9.88. The van der Waals surface area contributed by atoms with Crippen LogP contribution < -0.4 is 10.2 Å². The predicted octanol–water partition coefficient (Wildman–Crippen LogP) is 4.10. The van der Waals surface area contributed by atoms with Crippen LogP contribution in [0.25, 0.3) is 0 Å². The van der Waals surface area contributed by atoms with Crippen molar-refractivity contribution in [2.75, 3.05) is 11.4 Å². The van der Waals surface area contributed by atoms with Crippen LogP contribution in [-0.2, 0) is 6.54 Å². The van der Waals surface area contributed by atoms with Crippen molar-refractivity contribution < 1.29 is 0 Å². The van der Waals surface area contributed by atoms with E-state index in [1.165, 1.54) is 29.8 Å². The molecule has 0 aromatic heterocycles. The summed E-state index contributed by atoms with van der Waals surface area (Å²) in [6, 6.07) is 20.1. The molecule has 2 aromatic carbocycles. The molecule has 104 valence electrons. The van der Waals surface area contributed by atoms with Gasteiger partial charge < -0.3 is 10.2 Å². The van der Waals surface area contributed by atoms with Gasteiger partial charge in [0.15, 0.2) is 0 Å². The minimum atomic E-state index is 0.745. The molecule has 1 aliphatic rings. The van der Waals surface area contributed by atoms with Crippen LogP contribution in [0.5, 0.6) is 0 Å². The second-order valence-corrected chi connectivity index (χ2v) is 5.36. The van der Waals surface area contributed by atoms with E-state index in [1.54, 1.807) is 0 Å². The van der Waals surface area contributed by atoms with Crippen molar-refractivity contribution >= 4 is 11.4 Å². The first-order valence-corrected chi connectivity index (χ1v) is 7.52. The highest BCUT2D eigenvalue weighted by Gasteiger charge is 2.21. The van der Waals surface area contributed by atoms with E-state index in [0.29, 0.717) is 0 Å². The second-order valence-electron chi connectivity index (χ2n) is 5.36. The Balaban J connectivity index is 1.86. The van der Waals surface area contributed by atoms with Gasteiger partial charge in [0.2, 0.25) is 0 Å². The summed E-state index contributed by atoms with van der Waals surface area (Å²) in [6.45, 7) is 4.15. The number of hydrogen-bond donors (Lipinski definition) is 1. The van der Waals surface area contributed by atoms with E-state index in [1.807, 2.05) is 0 Å². The Morgan fingerprint density at radius 2 is 1.70 bits per heavy atom. The molecule has 0 aliphatic heterocycles. The zero-order valence-corrected chi connectivity index (χ0v) is 12.0. The van der Waals surface area contributed by atoms with Crippen molar-refractivity contribution in [3.05, 3.63) is 60.2 Å². The molecule has 1 N–H and O–H groups in total. The van der Waals surface area contributed by atoms with E-state index in [-0.39, 0.29) is 0 Å². The molecule has 0 unspecified atom stereocenters. The van der Waals surface area contributed by atoms with E-state index in [9.17, 15) is 0 Å². The molecule has 0 saturated heterocycles. The lowest BCUT2D eigenvalue weighted by atomic mass is 10.1. The summed E-state index contributed by atoms with van der Waals surface area (Å²) < 4.78 is 0. The van der Waals surface area contributed by atoms with Gasteiger partial charge in [-0.15, -0.1) is 0 Å². The molecule has 20 heavy (non-hydrogen) atoms. The maximum absolute atomic E-state index is 3.62. The number of anilines is 2. The van der Waals surface area contributed by atoms with Gasteiger partial charge in [0.25, 0.3) is 0 Å². The molecule has 0 heterocycles. The summed E-state index contributed by atoms with van der Waals surface area (Å²) in [5.41, 5.74) is 3.95. The van der Waals surface area contributed by atoms with Crippen LogP contribution in [0, 0.1) is 0 Å². The van der Waals surface area contributed by atoms with Crippen molar-refractivity contribution in [2.24, 2.45) is 0 Å². The Bertz CT molecular complexity index is 546. The second kappa shape index (κ2) is 6.10. The molecule has 1 fully saturated rings. The zero-order chi connectivity index (χ0) is 13.8. The minimum absolute atomic E-state index is 0.745. The Kier molecular flexibility index (Phi) is 4.03. The molecule has 0 atom stereocenters. The largest absolute Gasteiger partial charge is 0.342 e. The normalized spacial score (nSPS) is 14.2. The Labute approximate surface area is 121 Å². The zero-order valence-electron chi connectivity index (χ0n) is 12.0.